The van der Waals surface area contributed by atoms with E-state index >= 15 is 0 Å². The quantitative estimate of drug-likeness (QED) is 0.769. The summed E-state index contributed by atoms with van der Waals surface area (Å²) in [6.07, 6.45) is 2.55. The van der Waals surface area contributed by atoms with Crippen LogP contribution >= 0.6 is 0 Å². The van der Waals surface area contributed by atoms with Gasteiger partial charge in [0.1, 0.15) is 6.54 Å². The fourth-order valence-electron chi connectivity index (χ4n) is 2.36. The van der Waals surface area contributed by atoms with E-state index in [-0.39, 0.29) is 24.5 Å². The number of hydrogen-bond donors (Lipinski definition) is 1. The molecule has 0 aromatic heterocycles. The van der Waals surface area contributed by atoms with Gasteiger partial charge in [-0.1, -0.05) is 18.2 Å². The van der Waals surface area contributed by atoms with Gasteiger partial charge in [0.2, 0.25) is 0 Å². The molecule has 1 saturated carbocycles. The molecule has 5 nitrogen and oxygen atoms in total. The highest BCUT2D eigenvalue weighted by Crippen LogP contribution is 2.28. The predicted molar refractivity (Wildman–Crippen MR) is 79.9 cm³/mol. The summed E-state index contributed by atoms with van der Waals surface area (Å²) >= 11 is 0. The molecule has 1 fully saturated rings. The van der Waals surface area contributed by atoms with Crippen molar-refractivity contribution in [2.75, 3.05) is 19.7 Å². The van der Waals surface area contributed by atoms with E-state index in [2.05, 4.69) is 0 Å². The average molecular weight is 290 g/mol. The molecule has 2 N–H and O–H groups in total. The van der Waals surface area contributed by atoms with E-state index in [9.17, 15) is 9.59 Å². The fraction of sp³-hybridized carbons (Fsp3) is 0.500. The molecule has 0 atom stereocenters. The monoisotopic (exact) mass is 290 g/mol. The minimum Gasteiger partial charge on any atom is -0.465 e. The molecule has 114 valence electrons. The van der Waals surface area contributed by atoms with E-state index in [1.165, 1.54) is 0 Å². The van der Waals surface area contributed by atoms with E-state index < -0.39 is 0 Å². The Hall–Kier alpha value is -1.88. The number of rotatable bonds is 7. The highest BCUT2D eigenvalue weighted by molar-refractivity contribution is 5.97. The van der Waals surface area contributed by atoms with Crippen LogP contribution in [0.4, 0.5) is 0 Å². The first kappa shape index (κ1) is 15.5. The molecule has 21 heavy (non-hydrogen) atoms. The molecule has 1 amide bonds. The first-order chi connectivity index (χ1) is 10.2. The number of nitrogens with two attached hydrogens (primary N) is 1. The normalized spacial score (nSPS) is 13.8. The SMILES string of the molecule is CCOC(=O)CN(C(=O)c1ccccc1CCN)C1CC1. The molecule has 1 aromatic rings. The predicted octanol–water partition coefficient (Wildman–Crippen LogP) is 1.36. The summed E-state index contributed by atoms with van der Waals surface area (Å²) in [5.41, 5.74) is 7.17. The summed E-state index contributed by atoms with van der Waals surface area (Å²) in [5, 5.41) is 0. The molecule has 0 saturated heterocycles. The highest BCUT2D eigenvalue weighted by atomic mass is 16.5. The Morgan fingerprint density at radius 2 is 2.05 bits per heavy atom. The van der Waals surface area contributed by atoms with Gasteiger partial charge in [0, 0.05) is 11.6 Å². The molecule has 1 aromatic carbocycles. The van der Waals surface area contributed by atoms with Crippen molar-refractivity contribution in [2.24, 2.45) is 5.73 Å². The Balaban J connectivity index is 2.16. The van der Waals surface area contributed by atoms with Crippen LogP contribution in [0.3, 0.4) is 0 Å². The van der Waals surface area contributed by atoms with Crippen LogP contribution in [-0.2, 0) is 16.0 Å². The van der Waals surface area contributed by atoms with Gasteiger partial charge in [-0.05, 0) is 44.4 Å². The third kappa shape index (κ3) is 4.04. The van der Waals surface area contributed by atoms with Gasteiger partial charge in [-0.25, -0.2) is 0 Å². The van der Waals surface area contributed by atoms with Crippen LogP contribution in [0.5, 0.6) is 0 Å². The summed E-state index contributed by atoms with van der Waals surface area (Å²) in [6.45, 7) is 2.60. The zero-order chi connectivity index (χ0) is 15.2. The molecule has 5 heteroatoms. The molecular formula is C16H22N2O3. The number of ether oxygens (including phenoxy) is 1. The average Bonchev–Trinajstić information content (AvgIpc) is 3.30. The molecular weight excluding hydrogens is 268 g/mol. The van der Waals surface area contributed by atoms with Crippen molar-refractivity contribution < 1.29 is 14.3 Å². The standard InChI is InChI=1S/C16H22N2O3/c1-2-21-15(19)11-18(13-7-8-13)16(20)14-6-4-3-5-12(14)9-10-17/h3-6,13H,2,7-11,17H2,1H3. The molecule has 0 radical (unpaired) electrons. The molecule has 1 aliphatic carbocycles. The van der Waals surface area contributed by atoms with Crippen molar-refractivity contribution in [3.8, 4) is 0 Å². The summed E-state index contributed by atoms with van der Waals surface area (Å²) in [7, 11) is 0. The lowest BCUT2D eigenvalue weighted by atomic mass is 10.0. The van der Waals surface area contributed by atoms with Gasteiger partial charge < -0.3 is 15.4 Å². The van der Waals surface area contributed by atoms with Gasteiger partial charge in [-0.2, -0.15) is 0 Å². The number of carbonyl (C=O) groups excluding carboxylic acids is 2. The second-order valence-electron chi connectivity index (χ2n) is 5.17. The highest BCUT2D eigenvalue weighted by Gasteiger charge is 2.35. The van der Waals surface area contributed by atoms with Crippen molar-refractivity contribution >= 4 is 11.9 Å². The zero-order valence-corrected chi connectivity index (χ0v) is 12.4. The zero-order valence-electron chi connectivity index (χ0n) is 12.4. The van der Waals surface area contributed by atoms with E-state index in [0.717, 1.165) is 18.4 Å². The Bertz CT molecular complexity index is 512. The van der Waals surface area contributed by atoms with E-state index in [0.29, 0.717) is 25.1 Å². The summed E-state index contributed by atoms with van der Waals surface area (Å²) in [4.78, 5) is 26.1. The van der Waals surface area contributed by atoms with Crippen LogP contribution in [0, 0.1) is 0 Å². The summed E-state index contributed by atoms with van der Waals surface area (Å²) in [5.74, 6) is -0.455. The van der Waals surface area contributed by atoms with Crippen LogP contribution in [0.2, 0.25) is 0 Å². The van der Waals surface area contributed by atoms with Crippen LogP contribution < -0.4 is 5.73 Å². The fourth-order valence-corrected chi connectivity index (χ4v) is 2.36. The largest absolute Gasteiger partial charge is 0.465 e. The second kappa shape index (κ2) is 7.22. The number of hydrogen-bond acceptors (Lipinski definition) is 4. The van der Waals surface area contributed by atoms with Gasteiger partial charge in [-0.15, -0.1) is 0 Å². The van der Waals surface area contributed by atoms with Crippen molar-refractivity contribution in [3.05, 3.63) is 35.4 Å². The van der Waals surface area contributed by atoms with E-state index in [1.54, 1.807) is 17.9 Å². The maximum absolute atomic E-state index is 12.7. The van der Waals surface area contributed by atoms with Gasteiger partial charge >= 0.3 is 5.97 Å². The molecule has 2 rings (SSSR count). The van der Waals surface area contributed by atoms with Crippen LogP contribution in [0.1, 0.15) is 35.7 Å². The Morgan fingerprint density at radius 1 is 1.33 bits per heavy atom. The summed E-state index contributed by atoms with van der Waals surface area (Å²) in [6, 6.07) is 7.61. The second-order valence-corrected chi connectivity index (χ2v) is 5.17. The third-order valence-electron chi connectivity index (χ3n) is 3.51. The molecule has 0 aliphatic heterocycles. The van der Waals surface area contributed by atoms with Crippen molar-refractivity contribution in [1.29, 1.82) is 0 Å². The smallest absolute Gasteiger partial charge is 0.325 e. The first-order valence-corrected chi connectivity index (χ1v) is 7.42. The van der Waals surface area contributed by atoms with E-state index in [1.807, 2.05) is 18.2 Å². The van der Waals surface area contributed by atoms with Gasteiger partial charge in [0.15, 0.2) is 0 Å². The van der Waals surface area contributed by atoms with Crippen molar-refractivity contribution in [3.63, 3.8) is 0 Å². The Kier molecular flexibility index (Phi) is 5.33. The Labute approximate surface area is 125 Å². The third-order valence-corrected chi connectivity index (χ3v) is 3.51. The van der Waals surface area contributed by atoms with Crippen LogP contribution in [-0.4, -0.2) is 42.5 Å². The molecule has 0 unspecified atom stereocenters. The minimum absolute atomic E-state index is 0.0221. The topological polar surface area (TPSA) is 72.6 Å². The number of amides is 1. The van der Waals surface area contributed by atoms with E-state index in [4.69, 9.17) is 10.5 Å². The number of carbonyl (C=O) groups is 2. The maximum atomic E-state index is 12.7. The summed E-state index contributed by atoms with van der Waals surface area (Å²) < 4.78 is 4.96. The van der Waals surface area contributed by atoms with Crippen molar-refractivity contribution in [2.45, 2.75) is 32.2 Å². The molecule has 0 bridgehead atoms. The lowest BCUT2D eigenvalue weighted by molar-refractivity contribution is -0.144. The van der Waals surface area contributed by atoms with Gasteiger partial charge in [0.25, 0.3) is 5.91 Å². The van der Waals surface area contributed by atoms with Crippen LogP contribution in [0.25, 0.3) is 0 Å². The van der Waals surface area contributed by atoms with Crippen LogP contribution in [0.15, 0.2) is 24.3 Å². The number of nitrogens with zero attached hydrogens (tertiary/aromatic N) is 1. The number of benzene rings is 1. The molecule has 0 spiro atoms. The molecule has 0 heterocycles. The minimum atomic E-state index is -0.353. The maximum Gasteiger partial charge on any atom is 0.325 e. The van der Waals surface area contributed by atoms with Crippen molar-refractivity contribution in [1.82, 2.24) is 4.90 Å². The number of esters is 1. The lowest BCUT2D eigenvalue weighted by Crippen LogP contribution is -2.38. The lowest BCUT2D eigenvalue weighted by Gasteiger charge is -2.22. The van der Waals surface area contributed by atoms with Gasteiger partial charge in [-0.3, -0.25) is 9.59 Å². The first-order valence-electron chi connectivity index (χ1n) is 7.42. The molecule has 1 aliphatic rings. The van der Waals surface area contributed by atoms with Gasteiger partial charge in [0.05, 0.1) is 6.61 Å². The Morgan fingerprint density at radius 3 is 2.67 bits per heavy atom.